The molecule has 1 aliphatic rings. The summed E-state index contributed by atoms with van der Waals surface area (Å²) in [4.78, 5) is 29.0. The molecule has 6 nitrogen and oxygen atoms in total. The molecule has 0 aliphatic carbocycles. The number of carbonyl (C=O) groups excluding carboxylic acids is 1. The number of likely N-dealkylation sites (tertiary alicyclic amines) is 1. The number of nitrogens with zero attached hydrogens (tertiary/aromatic N) is 2. The molecule has 0 radical (unpaired) electrons. The highest BCUT2D eigenvalue weighted by molar-refractivity contribution is 7.23. The first-order chi connectivity index (χ1) is 12.0. The Balaban J connectivity index is 1.59. The standard InChI is InChI=1S/C17H14FN3O3S/c18-11-2-3-12-9(7-11)1-4-13-14(12)25-16(19-13)20-15(22)10-5-6-21(8-10)17(23)24/h1-4,7,10H,5-6,8H2,(H,23,24)(H,19,20,22)/t10-/m0/s1. The number of halogens is 1. The number of carboxylic acid groups (broad SMARTS) is 1. The Kier molecular flexibility index (Phi) is 3.76. The quantitative estimate of drug-likeness (QED) is 0.733. The number of carbonyl (C=O) groups is 2. The van der Waals surface area contributed by atoms with Gasteiger partial charge in [0.05, 0.1) is 16.1 Å². The third-order valence-electron chi connectivity index (χ3n) is 4.39. The molecule has 0 unspecified atom stereocenters. The first-order valence-electron chi connectivity index (χ1n) is 7.79. The van der Waals surface area contributed by atoms with Crippen LogP contribution < -0.4 is 5.32 Å². The summed E-state index contributed by atoms with van der Waals surface area (Å²) in [5.74, 6) is -0.888. The Morgan fingerprint density at radius 1 is 1.32 bits per heavy atom. The van der Waals surface area contributed by atoms with Gasteiger partial charge in [0.1, 0.15) is 5.82 Å². The number of hydrogen-bond donors (Lipinski definition) is 2. The Morgan fingerprint density at radius 2 is 2.16 bits per heavy atom. The minimum atomic E-state index is -1.01. The van der Waals surface area contributed by atoms with Crippen LogP contribution in [-0.2, 0) is 4.79 Å². The molecule has 1 aliphatic heterocycles. The predicted molar refractivity (Wildman–Crippen MR) is 93.4 cm³/mol. The van der Waals surface area contributed by atoms with Gasteiger partial charge in [-0.25, -0.2) is 14.2 Å². The van der Waals surface area contributed by atoms with Crippen molar-refractivity contribution in [3.05, 3.63) is 36.1 Å². The zero-order valence-corrected chi connectivity index (χ0v) is 13.8. The molecule has 2 aromatic carbocycles. The second-order valence-corrected chi connectivity index (χ2v) is 7.00. The Labute approximate surface area is 145 Å². The fraction of sp³-hybridized carbons (Fsp3) is 0.235. The van der Waals surface area contributed by atoms with Gasteiger partial charge in [0, 0.05) is 18.5 Å². The SMILES string of the molecule is O=C(Nc1nc2ccc3cc(F)ccc3c2s1)[C@H]1CCN(C(=O)O)C1. The lowest BCUT2D eigenvalue weighted by Crippen LogP contribution is -2.30. The fourth-order valence-corrected chi connectivity index (χ4v) is 4.10. The van der Waals surface area contributed by atoms with Crippen LogP contribution in [0.3, 0.4) is 0 Å². The van der Waals surface area contributed by atoms with Gasteiger partial charge in [-0.1, -0.05) is 17.4 Å². The molecule has 4 rings (SSSR count). The number of aromatic nitrogens is 1. The molecule has 2 heterocycles. The molecule has 1 atom stereocenters. The fourth-order valence-electron chi connectivity index (χ4n) is 3.09. The third kappa shape index (κ3) is 2.89. The van der Waals surface area contributed by atoms with E-state index in [1.807, 2.05) is 0 Å². The molecule has 2 amide bonds. The summed E-state index contributed by atoms with van der Waals surface area (Å²) in [6.45, 7) is 0.567. The summed E-state index contributed by atoms with van der Waals surface area (Å²) in [5, 5.41) is 13.9. The van der Waals surface area contributed by atoms with Crippen LogP contribution in [0.5, 0.6) is 0 Å². The van der Waals surface area contributed by atoms with E-state index in [2.05, 4.69) is 10.3 Å². The van der Waals surface area contributed by atoms with Gasteiger partial charge in [-0.05, 0) is 36.1 Å². The van der Waals surface area contributed by atoms with Crippen molar-refractivity contribution in [1.29, 1.82) is 0 Å². The summed E-state index contributed by atoms with van der Waals surface area (Å²) < 4.78 is 14.2. The molecule has 8 heteroatoms. The van der Waals surface area contributed by atoms with E-state index in [9.17, 15) is 14.0 Å². The molecule has 0 spiro atoms. The van der Waals surface area contributed by atoms with Crippen LogP contribution in [0.1, 0.15) is 6.42 Å². The maximum atomic E-state index is 13.4. The van der Waals surface area contributed by atoms with E-state index in [0.29, 0.717) is 18.1 Å². The van der Waals surface area contributed by atoms with Crippen molar-refractivity contribution < 1.29 is 19.1 Å². The van der Waals surface area contributed by atoms with Crippen molar-refractivity contribution in [2.24, 2.45) is 5.92 Å². The van der Waals surface area contributed by atoms with E-state index in [4.69, 9.17) is 5.11 Å². The largest absolute Gasteiger partial charge is 0.465 e. The molecular formula is C17H14FN3O3S. The second-order valence-electron chi connectivity index (χ2n) is 6.00. The molecule has 25 heavy (non-hydrogen) atoms. The predicted octanol–water partition coefficient (Wildman–Crippen LogP) is 3.53. The van der Waals surface area contributed by atoms with Gasteiger partial charge >= 0.3 is 6.09 Å². The molecule has 1 fully saturated rings. The number of nitrogens with one attached hydrogen (secondary N) is 1. The number of thiazole rings is 1. The van der Waals surface area contributed by atoms with Crippen LogP contribution >= 0.6 is 11.3 Å². The van der Waals surface area contributed by atoms with Crippen LogP contribution in [0, 0.1) is 11.7 Å². The van der Waals surface area contributed by atoms with Gasteiger partial charge in [-0.15, -0.1) is 0 Å². The lowest BCUT2D eigenvalue weighted by molar-refractivity contribution is -0.119. The Hall–Kier alpha value is -2.74. The summed E-state index contributed by atoms with van der Waals surface area (Å²) in [5.41, 5.74) is 0.734. The van der Waals surface area contributed by atoms with Crippen molar-refractivity contribution >= 4 is 49.5 Å². The first kappa shape index (κ1) is 15.8. The van der Waals surface area contributed by atoms with Gasteiger partial charge in [0.2, 0.25) is 5.91 Å². The number of rotatable bonds is 2. The lowest BCUT2D eigenvalue weighted by Gasteiger charge is -2.11. The van der Waals surface area contributed by atoms with E-state index in [0.717, 1.165) is 21.0 Å². The summed E-state index contributed by atoms with van der Waals surface area (Å²) >= 11 is 1.33. The van der Waals surface area contributed by atoms with Gasteiger partial charge in [-0.2, -0.15) is 0 Å². The zero-order chi connectivity index (χ0) is 17.6. The Bertz CT molecular complexity index is 1000. The summed E-state index contributed by atoms with van der Waals surface area (Å²) in [6, 6.07) is 8.17. The van der Waals surface area contributed by atoms with Crippen LogP contribution in [0.2, 0.25) is 0 Å². The van der Waals surface area contributed by atoms with E-state index < -0.39 is 6.09 Å². The van der Waals surface area contributed by atoms with Gasteiger partial charge in [0.25, 0.3) is 0 Å². The maximum Gasteiger partial charge on any atom is 0.407 e. The second kappa shape index (κ2) is 5.96. The highest BCUT2D eigenvalue weighted by Gasteiger charge is 2.31. The van der Waals surface area contributed by atoms with Crippen molar-refractivity contribution in [2.45, 2.75) is 6.42 Å². The minimum Gasteiger partial charge on any atom is -0.465 e. The number of benzene rings is 2. The Morgan fingerprint density at radius 3 is 2.92 bits per heavy atom. The smallest absolute Gasteiger partial charge is 0.407 e. The van der Waals surface area contributed by atoms with Crippen molar-refractivity contribution in [1.82, 2.24) is 9.88 Å². The van der Waals surface area contributed by atoms with Crippen LogP contribution in [0.25, 0.3) is 21.0 Å². The molecule has 0 saturated carbocycles. The molecule has 1 saturated heterocycles. The zero-order valence-electron chi connectivity index (χ0n) is 13.0. The normalized spacial score (nSPS) is 17.3. The molecule has 2 N–H and O–H groups in total. The van der Waals surface area contributed by atoms with Gasteiger partial charge in [0.15, 0.2) is 5.13 Å². The average molecular weight is 359 g/mol. The summed E-state index contributed by atoms with van der Waals surface area (Å²) in [6.07, 6.45) is -0.500. The highest BCUT2D eigenvalue weighted by Crippen LogP contribution is 2.33. The number of fused-ring (bicyclic) bond motifs is 3. The minimum absolute atomic E-state index is 0.203. The maximum absolute atomic E-state index is 13.4. The summed E-state index contributed by atoms with van der Waals surface area (Å²) in [7, 11) is 0. The molecule has 3 aromatic rings. The van der Waals surface area contributed by atoms with Gasteiger partial charge in [-0.3, -0.25) is 4.79 Å². The van der Waals surface area contributed by atoms with Crippen LogP contribution in [0.4, 0.5) is 14.3 Å². The molecular weight excluding hydrogens is 345 g/mol. The van der Waals surface area contributed by atoms with Crippen molar-refractivity contribution in [3.8, 4) is 0 Å². The van der Waals surface area contributed by atoms with E-state index in [1.54, 1.807) is 18.2 Å². The lowest BCUT2D eigenvalue weighted by atomic mass is 10.1. The van der Waals surface area contributed by atoms with Crippen molar-refractivity contribution in [2.75, 3.05) is 18.4 Å². The number of amides is 2. The van der Waals surface area contributed by atoms with E-state index in [-0.39, 0.29) is 24.2 Å². The average Bonchev–Trinajstić information content (AvgIpc) is 3.21. The van der Waals surface area contributed by atoms with E-state index in [1.165, 1.54) is 28.4 Å². The monoisotopic (exact) mass is 359 g/mol. The molecule has 128 valence electrons. The van der Waals surface area contributed by atoms with Crippen LogP contribution in [-0.4, -0.2) is 40.1 Å². The van der Waals surface area contributed by atoms with E-state index >= 15 is 0 Å². The number of anilines is 1. The molecule has 1 aromatic heterocycles. The van der Waals surface area contributed by atoms with Gasteiger partial charge < -0.3 is 15.3 Å². The number of hydrogen-bond acceptors (Lipinski definition) is 4. The highest BCUT2D eigenvalue weighted by atomic mass is 32.1. The third-order valence-corrected chi connectivity index (χ3v) is 5.41. The van der Waals surface area contributed by atoms with Crippen LogP contribution in [0.15, 0.2) is 30.3 Å². The topological polar surface area (TPSA) is 82.5 Å². The molecule has 0 bridgehead atoms. The van der Waals surface area contributed by atoms with Crippen molar-refractivity contribution in [3.63, 3.8) is 0 Å². The first-order valence-corrected chi connectivity index (χ1v) is 8.60.